The normalized spacial score (nSPS) is 11.4. The van der Waals surface area contributed by atoms with E-state index in [1.54, 1.807) is 36.4 Å². The molecule has 2 amide bonds. The molecule has 0 radical (unpaired) electrons. The molecule has 2 N–H and O–H groups in total. The third-order valence-electron chi connectivity index (χ3n) is 4.08. The number of carbonyl (C=O) groups excluding carboxylic acids is 1. The zero-order valence-corrected chi connectivity index (χ0v) is 15.1. The van der Waals surface area contributed by atoms with Crippen LogP contribution in [0.3, 0.4) is 0 Å². The first kappa shape index (κ1) is 18.1. The van der Waals surface area contributed by atoms with Crippen molar-refractivity contribution in [3.63, 3.8) is 0 Å². The summed E-state index contributed by atoms with van der Waals surface area (Å²) >= 11 is 0. The number of benzene rings is 2. The molecule has 0 aliphatic heterocycles. The highest BCUT2D eigenvalue weighted by molar-refractivity contribution is 5.89. The Morgan fingerprint density at radius 2 is 1.81 bits per heavy atom. The molecule has 0 aliphatic rings. The summed E-state index contributed by atoms with van der Waals surface area (Å²) in [7, 11) is 0. The van der Waals surface area contributed by atoms with E-state index >= 15 is 0 Å². The largest absolute Gasteiger partial charge is 0.335 e. The van der Waals surface area contributed by atoms with E-state index in [2.05, 4.69) is 26.8 Å². The quantitative estimate of drug-likeness (QED) is 0.709. The van der Waals surface area contributed by atoms with E-state index in [0.29, 0.717) is 23.0 Å². The van der Waals surface area contributed by atoms with Crippen molar-refractivity contribution in [2.75, 3.05) is 5.32 Å². The number of aromatic nitrogens is 2. The molecule has 0 saturated heterocycles. The second-order valence-corrected chi connectivity index (χ2v) is 6.10. The lowest BCUT2D eigenvalue weighted by Crippen LogP contribution is -2.35. The van der Waals surface area contributed by atoms with Gasteiger partial charge in [0.05, 0.1) is 11.6 Å². The van der Waals surface area contributed by atoms with Crippen LogP contribution in [0.5, 0.6) is 0 Å². The first-order chi connectivity index (χ1) is 13.1. The number of nitriles is 1. The lowest BCUT2D eigenvalue weighted by molar-refractivity contribution is 0.249. The molecule has 0 saturated carbocycles. The first-order valence-electron chi connectivity index (χ1n) is 8.61. The molecule has 2 aromatic carbocycles. The molecule has 7 nitrogen and oxygen atoms in total. The molecule has 0 fully saturated rings. The maximum absolute atomic E-state index is 11.9. The van der Waals surface area contributed by atoms with Crippen LogP contribution in [0.25, 0.3) is 22.8 Å². The van der Waals surface area contributed by atoms with Gasteiger partial charge in [-0.05, 0) is 61.9 Å². The van der Waals surface area contributed by atoms with Crippen molar-refractivity contribution in [1.82, 2.24) is 15.5 Å². The summed E-state index contributed by atoms with van der Waals surface area (Å²) in [6.45, 7) is 3.96. The summed E-state index contributed by atoms with van der Waals surface area (Å²) < 4.78 is 5.31. The topological polar surface area (TPSA) is 104 Å². The minimum atomic E-state index is -0.236. The van der Waals surface area contributed by atoms with Crippen LogP contribution in [0.1, 0.15) is 25.8 Å². The van der Waals surface area contributed by atoms with E-state index in [4.69, 9.17) is 9.78 Å². The fourth-order valence-electron chi connectivity index (χ4n) is 2.34. The summed E-state index contributed by atoms with van der Waals surface area (Å²) in [5.41, 5.74) is 2.76. The highest BCUT2D eigenvalue weighted by Gasteiger charge is 2.11. The van der Waals surface area contributed by atoms with Gasteiger partial charge in [0.2, 0.25) is 5.82 Å². The number of amides is 2. The third-order valence-corrected chi connectivity index (χ3v) is 4.08. The van der Waals surface area contributed by atoms with Gasteiger partial charge in [-0.3, -0.25) is 0 Å². The minimum absolute atomic E-state index is 0.115. The van der Waals surface area contributed by atoms with Gasteiger partial charge in [0.25, 0.3) is 5.89 Å². The Morgan fingerprint density at radius 1 is 1.15 bits per heavy atom. The highest BCUT2D eigenvalue weighted by atomic mass is 16.5. The molecule has 1 atom stereocenters. The third kappa shape index (κ3) is 4.50. The van der Waals surface area contributed by atoms with Crippen molar-refractivity contribution >= 4 is 11.7 Å². The van der Waals surface area contributed by atoms with Crippen LogP contribution in [0, 0.1) is 11.3 Å². The second-order valence-electron chi connectivity index (χ2n) is 6.10. The van der Waals surface area contributed by atoms with E-state index in [1.165, 1.54) is 0 Å². The first-order valence-corrected chi connectivity index (χ1v) is 8.61. The van der Waals surface area contributed by atoms with Gasteiger partial charge < -0.3 is 15.2 Å². The molecule has 7 heteroatoms. The van der Waals surface area contributed by atoms with Crippen LogP contribution in [0.15, 0.2) is 53.1 Å². The Morgan fingerprint density at radius 3 is 2.44 bits per heavy atom. The summed E-state index contributed by atoms with van der Waals surface area (Å²) in [5, 5.41) is 18.5. The number of urea groups is 1. The van der Waals surface area contributed by atoms with Crippen LogP contribution in [-0.4, -0.2) is 22.2 Å². The van der Waals surface area contributed by atoms with Crippen LogP contribution >= 0.6 is 0 Å². The highest BCUT2D eigenvalue weighted by Crippen LogP contribution is 2.23. The van der Waals surface area contributed by atoms with Gasteiger partial charge in [0.1, 0.15) is 0 Å². The average Bonchev–Trinajstić information content (AvgIpc) is 3.18. The minimum Gasteiger partial charge on any atom is -0.335 e. The molecule has 3 aromatic rings. The van der Waals surface area contributed by atoms with E-state index in [9.17, 15) is 4.79 Å². The zero-order valence-electron chi connectivity index (χ0n) is 15.1. The number of nitrogens with zero attached hydrogens (tertiary/aromatic N) is 3. The Bertz CT molecular complexity index is 955. The Balaban J connectivity index is 1.69. The summed E-state index contributed by atoms with van der Waals surface area (Å²) in [6, 6.07) is 16.1. The Kier molecular flexibility index (Phi) is 5.47. The van der Waals surface area contributed by atoms with Gasteiger partial charge in [-0.2, -0.15) is 10.2 Å². The fourth-order valence-corrected chi connectivity index (χ4v) is 2.34. The molecule has 1 heterocycles. The van der Waals surface area contributed by atoms with Gasteiger partial charge in [0.15, 0.2) is 0 Å². The Labute approximate surface area is 157 Å². The predicted molar refractivity (Wildman–Crippen MR) is 102 cm³/mol. The Hall–Kier alpha value is -3.66. The fraction of sp³-hybridized carbons (Fsp3) is 0.200. The molecule has 136 valence electrons. The molecular formula is C20H19N5O2. The maximum Gasteiger partial charge on any atom is 0.319 e. The number of anilines is 1. The second kappa shape index (κ2) is 8.15. The van der Waals surface area contributed by atoms with Crippen LogP contribution in [0.2, 0.25) is 0 Å². The number of carbonyl (C=O) groups is 1. The van der Waals surface area contributed by atoms with Gasteiger partial charge in [-0.15, -0.1) is 0 Å². The summed E-state index contributed by atoms with van der Waals surface area (Å²) in [5.74, 6) is 0.828. The SMILES string of the molecule is CCC(C)NC(=O)Nc1ccc(-c2noc(-c3ccc(C#N)cc3)n2)cc1. The molecule has 1 aromatic heterocycles. The molecule has 1 unspecified atom stereocenters. The monoisotopic (exact) mass is 361 g/mol. The molecule has 3 rings (SSSR count). The lowest BCUT2D eigenvalue weighted by Gasteiger charge is -2.12. The molecule has 0 aliphatic carbocycles. The summed E-state index contributed by atoms with van der Waals surface area (Å²) in [4.78, 5) is 16.2. The zero-order chi connectivity index (χ0) is 19.2. The van der Waals surface area contributed by atoms with Crippen molar-refractivity contribution in [2.24, 2.45) is 0 Å². The van der Waals surface area contributed by atoms with Gasteiger partial charge in [-0.1, -0.05) is 12.1 Å². The molecular weight excluding hydrogens is 342 g/mol. The maximum atomic E-state index is 11.9. The number of rotatable bonds is 5. The van der Waals surface area contributed by atoms with E-state index in [0.717, 1.165) is 17.5 Å². The van der Waals surface area contributed by atoms with Crippen molar-refractivity contribution in [2.45, 2.75) is 26.3 Å². The van der Waals surface area contributed by atoms with Crippen molar-refractivity contribution in [3.05, 3.63) is 54.1 Å². The molecule has 0 spiro atoms. The van der Waals surface area contributed by atoms with Gasteiger partial charge in [-0.25, -0.2) is 4.79 Å². The van der Waals surface area contributed by atoms with E-state index in [-0.39, 0.29) is 12.1 Å². The average molecular weight is 361 g/mol. The number of hydrogen-bond donors (Lipinski definition) is 2. The van der Waals surface area contributed by atoms with Crippen LogP contribution < -0.4 is 10.6 Å². The van der Waals surface area contributed by atoms with E-state index in [1.807, 2.05) is 26.0 Å². The lowest BCUT2D eigenvalue weighted by atomic mass is 10.1. The van der Waals surface area contributed by atoms with E-state index < -0.39 is 0 Å². The predicted octanol–water partition coefficient (Wildman–Crippen LogP) is 4.20. The van der Waals surface area contributed by atoms with Crippen molar-refractivity contribution < 1.29 is 9.32 Å². The van der Waals surface area contributed by atoms with Crippen molar-refractivity contribution in [3.8, 4) is 28.9 Å². The standard InChI is InChI=1S/C20H19N5O2/c1-3-13(2)22-20(26)23-17-10-8-15(9-11-17)18-24-19(27-25-18)16-6-4-14(12-21)5-7-16/h4-11,13H,3H2,1-2H3,(H2,22,23,26). The number of nitrogens with one attached hydrogen (secondary N) is 2. The number of hydrogen-bond acceptors (Lipinski definition) is 5. The smallest absolute Gasteiger partial charge is 0.319 e. The van der Waals surface area contributed by atoms with Crippen LogP contribution in [-0.2, 0) is 0 Å². The van der Waals surface area contributed by atoms with Crippen LogP contribution in [0.4, 0.5) is 10.5 Å². The molecule has 0 bridgehead atoms. The molecule has 27 heavy (non-hydrogen) atoms. The van der Waals surface area contributed by atoms with Gasteiger partial charge in [0, 0.05) is 22.9 Å². The summed E-state index contributed by atoms with van der Waals surface area (Å²) in [6.07, 6.45) is 0.867. The van der Waals surface area contributed by atoms with Gasteiger partial charge >= 0.3 is 6.03 Å². The van der Waals surface area contributed by atoms with Crippen molar-refractivity contribution in [1.29, 1.82) is 5.26 Å².